The van der Waals surface area contributed by atoms with Crippen LogP contribution in [0.1, 0.15) is 19.3 Å². The van der Waals surface area contributed by atoms with Crippen LogP contribution in [0.2, 0.25) is 0 Å². The van der Waals surface area contributed by atoms with E-state index in [0.717, 1.165) is 12.1 Å². The number of aliphatic hydroxyl groups is 2. The molecule has 3 amide bonds. The van der Waals surface area contributed by atoms with Gasteiger partial charge >= 0.3 is 0 Å². The number of benzene rings is 1. The molecule has 4 N–H and O–H groups in total. The Morgan fingerprint density at radius 1 is 1.14 bits per heavy atom. The molecule has 8 nitrogen and oxygen atoms in total. The SMILES string of the molecule is O=C(Nc1ccc(F)cc1F)[C@@H](O)[C@H](O)C(=O)N1CCC2(CCNC2=O)CC1. The van der Waals surface area contributed by atoms with Gasteiger partial charge in [0.2, 0.25) is 5.91 Å². The lowest BCUT2D eigenvalue weighted by Gasteiger charge is -2.38. The second kappa shape index (κ2) is 7.80. The molecular weight excluding hydrogens is 376 g/mol. The number of hydrogen-bond acceptors (Lipinski definition) is 5. The summed E-state index contributed by atoms with van der Waals surface area (Å²) in [6.07, 6.45) is -2.64. The lowest BCUT2D eigenvalue weighted by molar-refractivity contribution is -0.154. The van der Waals surface area contributed by atoms with E-state index in [1.165, 1.54) is 4.90 Å². The lowest BCUT2D eigenvalue weighted by atomic mass is 9.77. The maximum absolute atomic E-state index is 13.6. The minimum atomic E-state index is -2.14. The van der Waals surface area contributed by atoms with Gasteiger partial charge in [-0.25, -0.2) is 8.78 Å². The molecule has 0 bridgehead atoms. The highest BCUT2D eigenvalue weighted by atomic mass is 19.1. The van der Waals surface area contributed by atoms with Crippen molar-refractivity contribution in [3.63, 3.8) is 0 Å². The van der Waals surface area contributed by atoms with Crippen LogP contribution >= 0.6 is 0 Å². The van der Waals surface area contributed by atoms with Crippen LogP contribution in [0, 0.1) is 17.0 Å². The van der Waals surface area contributed by atoms with Crippen molar-refractivity contribution in [1.82, 2.24) is 10.2 Å². The van der Waals surface area contributed by atoms with Crippen LogP contribution in [-0.2, 0) is 14.4 Å². The molecule has 2 aliphatic heterocycles. The third kappa shape index (κ3) is 3.83. The van der Waals surface area contributed by atoms with Gasteiger partial charge in [0, 0.05) is 25.7 Å². The van der Waals surface area contributed by atoms with E-state index in [1.807, 2.05) is 5.32 Å². The van der Waals surface area contributed by atoms with Crippen LogP contribution in [0.3, 0.4) is 0 Å². The Hall–Kier alpha value is -2.59. The van der Waals surface area contributed by atoms with Crippen LogP contribution in [0.25, 0.3) is 0 Å². The molecule has 0 unspecified atom stereocenters. The van der Waals surface area contributed by atoms with E-state index in [0.29, 0.717) is 31.9 Å². The Balaban J connectivity index is 1.58. The fourth-order valence-electron chi connectivity index (χ4n) is 3.61. The van der Waals surface area contributed by atoms with E-state index < -0.39 is 46.8 Å². The molecule has 10 heteroatoms. The molecule has 0 aliphatic carbocycles. The number of piperidine rings is 1. The van der Waals surface area contributed by atoms with E-state index in [1.54, 1.807) is 0 Å². The summed E-state index contributed by atoms with van der Waals surface area (Å²) in [5.74, 6) is -3.99. The topological polar surface area (TPSA) is 119 Å². The Kier molecular flexibility index (Phi) is 5.61. The zero-order valence-corrected chi connectivity index (χ0v) is 15.0. The summed E-state index contributed by atoms with van der Waals surface area (Å²) >= 11 is 0. The largest absolute Gasteiger partial charge is 0.380 e. The third-order valence-electron chi connectivity index (χ3n) is 5.41. The molecule has 2 heterocycles. The van der Waals surface area contributed by atoms with Crippen molar-refractivity contribution in [2.24, 2.45) is 5.41 Å². The van der Waals surface area contributed by atoms with Gasteiger partial charge in [-0.1, -0.05) is 0 Å². The quantitative estimate of drug-likeness (QED) is 0.559. The first-order valence-electron chi connectivity index (χ1n) is 8.93. The van der Waals surface area contributed by atoms with Gasteiger partial charge in [-0.15, -0.1) is 0 Å². The van der Waals surface area contributed by atoms with Gasteiger partial charge in [0.1, 0.15) is 11.6 Å². The molecule has 152 valence electrons. The average molecular weight is 397 g/mol. The normalized spacial score (nSPS) is 20.6. The molecule has 1 spiro atoms. The van der Waals surface area contributed by atoms with Gasteiger partial charge in [-0.05, 0) is 31.4 Å². The van der Waals surface area contributed by atoms with Crippen LogP contribution in [0.5, 0.6) is 0 Å². The van der Waals surface area contributed by atoms with Gasteiger partial charge in [0.15, 0.2) is 12.2 Å². The van der Waals surface area contributed by atoms with Gasteiger partial charge in [-0.2, -0.15) is 0 Å². The third-order valence-corrected chi connectivity index (χ3v) is 5.41. The van der Waals surface area contributed by atoms with E-state index in [4.69, 9.17) is 0 Å². The van der Waals surface area contributed by atoms with Gasteiger partial charge in [0.05, 0.1) is 11.1 Å². The molecule has 0 radical (unpaired) electrons. The fraction of sp³-hybridized carbons (Fsp3) is 0.500. The number of likely N-dealkylation sites (tertiary alicyclic amines) is 1. The average Bonchev–Trinajstić information content (AvgIpc) is 3.02. The molecule has 0 aromatic heterocycles. The molecular formula is C18H21F2N3O5. The van der Waals surface area contributed by atoms with Crippen molar-refractivity contribution in [3.8, 4) is 0 Å². The van der Waals surface area contributed by atoms with Crippen LogP contribution < -0.4 is 10.6 Å². The molecule has 2 atom stereocenters. The molecule has 28 heavy (non-hydrogen) atoms. The Labute approximate surface area is 159 Å². The maximum atomic E-state index is 13.6. The minimum Gasteiger partial charge on any atom is -0.380 e. The van der Waals surface area contributed by atoms with Crippen molar-refractivity contribution in [1.29, 1.82) is 0 Å². The lowest BCUT2D eigenvalue weighted by Crippen LogP contribution is -2.53. The van der Waals surface area contributed by atoms with E-state index in [9.17, 15) is 33.4 Å². The van der Waals surface area contributed by atoms with Crippen molar-refractivity contribution in [2.75, 3.05) is 25.0 Å². The number of nitrogens with one attached hydrogen (secondary N) is 2. The zero-order chi connectivity index (χ0) is 20.5. The number of carbonyl (C=O) groups is 3. The summed E-state index contributed by atoms with van der Waals surface area (Å²) < 4.78 is 26.5. The first-order valence-corrected chi connectivity index (χ1v) is 8.93. The van der Waals surface area contributed by atoms with E-state index in [-0.39, 0.29) is 19.0 Å². The second-order valence-corrected chi connectivity index (χ2v) is 7.11. The number of amides is 3. The Bertz CT molecular complexity index is 795. The summed E-state index contributed by atoms with van der Waals surface area (Å²) in [5.41, 5.74) is -0.894. The van der Waals surface area contributed by atoms with E-state index >= 15 is 0 Å². The molecule has 2 aliphatic rings. The fourth-order valence-corrected chi connectivity index (χ4v) is 3.61. The smallest absolute Gasteiger partial charge is 0.256 e. The van der Waals surface area contributed by atoms with Crippen molar-refractivity contribution in [3.05, 3.63) is 29.8 Å². The molecule has 1 aromatic carbocycles. The predicted octanol–water partition coefficient (Wildman–Crippen LogP) is -0.246. The number of hydrogen-bond donors (Lipinski definition) is 4. The summed E-state index contributed by atoms with van der Waals surface area (Å²) in [7, 11) is 0. The highest BCUT2D eigenvalue weighted by molar-refractivity contribution is 5.98. The molecule has 3 rings (SSSR count). The van der Waals surface area contributed by atoms with Crippen molar-refractivity contribution < 1.29 is 33.4 Å². The zero-order valence-electron chi connectivity index (χ0n) is 15.0. The minimum absolute atomic E-state index is 0.0408. The standard InChI is InChI=1S/C18H21F2N3O5/c19-10-1-2-12(11(20)9-10)22-15(26)13(24)14(25)16(27)23-7-4-18(5-8-23)3-6-21-17(18)28/h1-2,9,13-14,24-25H,3-8H2,(H,21,28)(H,22,26)/t13-,14-/m0/s1. The van der Waals surface area contributed by atoms with Crippen LogP contribution in [0.15, 0.2) is 18.2 Å². The van der Waals surface area contributed by atoms with Crippen LogP contribution in [0.4, 0.5) is 14.5 Å². The number of rotatable bonds is 4. The number of aliphatic hydroxyl groups excluding tert-OH is 2. The monoisotopic (exact) mass is 397 g/mol. The maximum Gasteiger partial charge on any atom is 0.256 e. The van der Waals surface area contributed by atoms with Crippen molar-refractivity contribution >= 4 is 23.4 Å². The molecule has 0 saturated carbocycles. The first kappa shape index (κ1) is 20.2. The summed E-state index contributed by atoms with van der Waals surface area (Å²) in [5, 5.41) is 24.8. The highest BCUT2D eigenvalue weighted by Crippen LogP contribution is 2.38. The summed E-state index contributed by atoms with van der Waals surface area (Å²) in [4.78, 5) is 37.7. The second-order valence-electron chi connectivity index (χ2n) is 7.11. The summed E-state index contributed by atoms with van der Waals surface area (Å²) in [6.45, 7) is 1.02. The van der Waals surface area contributed by atoms with Gasteiger partial charge in [0.25, 0.3) is 11.8 Å². The van der Waals surface area contributed by atoms with Gasteiger partial charge in [-0.3, -0.25) is 14.4 Å². The predicted molar refractivity (Wildman–Crippen MR) is 92.9 cm³/mol. The van der Waals surface area contributed by atoms with Crippen LogP contribution in [-0.4, -0.2) is 64.7 Å². The number of carbonyl (C=O) groups excluding carboxylic acids is 3. The van der Waals surface area contributed by atoms with E-state index in [2.05, 4.69) is 5.32 Å². The summed E-state index contributed by atoms with van der Waals surface area (Å²) in [6, 6.07) is 2.42. The number of anilines is 1. The Morgan fingerprint density at radius 2 is 1.82 bits per heavy atom. The highest BCUT2D eigenvalue weighted by Gasteiger charge is 2.46. The van der Waals surface area contributed by atoms with Gasteiger partial charge < -0.3 is 25.7 Å². The first-order chi connectivity index (χ1) is 13.2. The van der Waals surface area contributed by atoms with Crippen molar-refractivity contribution in [2.45, 2.75) is 31.5 Å². The molecule has 1 aromatic rings. The Morgan fingerprint density at radius 3 is 2.39 bits per heavy atom. The number of halogens is 2. The number of nitrogens with zero attached hydrogens (tertiary/aromatic N) is 1. The molecule has 2 saturated heterocycles. The molecule has 2 fully saturated rings.